The molecule has 2 aromatic rings. The maximum absolute atomic E-state index is 12.0. The van der Waals surface area contributed by atoms with Crippen molar-refractivity contribution in [1.29, 1.82) is 0 Å². The Morgan fingerprint density at radius 1 is 1.25 bits per heavy atom. The van der Waals surface area contributed by atoms with Crippen molar-refractivity contribution in [3.63, 3.8) is 0 Å². The molecular weight excluding hydrogens is 322 g/mol. The number of nitrogens with two attached hydrogens (primary N) is 1. The van der Waals surface area contributed by atoms with Gasteiger partial charge in [0.15, 0.2) is 5.84 Å². The molecule has 0 saturated carbocycles. The number of hydrogen-bond acceptors (Lipinski definition) is 5. The van der Waals surface area contributed by atoms with E-state index in [1.165, 1.54) is 36.4 Å². The minimum atomic E-state index is -3.66. The second-order valence-corrected chi connectivity index (χ2v) is 7.35. The molecule has 0 atom stereocenters. The Morgan fingerprint density at radius 2 is 1.90 bits per heavy atom. The third kappa shape index (κ3) is 3.21. The number of hydrogen-bond donors (Lipinski definition) is 3. The van der Waals surface area contributed by atoms with Crippen LogP contribution in [-0.4, -0.2) is 19.5 Å². The van der Waals surface area contributed by atoms with E-state index in [0.29, 0.717) is 15.6 Å². The highest BCUT2D eigenvalue weighted by molar-refractivity contribution is 7.94. The number of sulfonamides is 1. The third-order valence-corrected chi connectivity index (χ3v) is 5.46. The van der Waals surface area contributed by atoms with Gasteiger partial charge in [0.1, 0.15) is 4.21 Å². The Hall–Kier alpha value is -1.77. The van der Waals surface area contributed by atoms with Crippen LogP contribution in [-0.2, 0) is 10.0 Å². The molecule has 0 bridgehead atoms. The van der Waals surface area contributed by atoms with Gasteiger partial charge in [-0.25, -0.2) is 8.42 Å². The molecule has 6 nitrogen and oxygen atoms in total. The van der Waals surface area contributed by atoms with Crippen LogP contribution in [0.25, 0.3) is 0 Å². The van der Waals surface area contributed by atoms with E-state index in [1.807, 2.05) is 0 Å². The summed E-state index contributed by atoms with van der Waals surface area (Å²) in [6, 6.07) is 9.05. The fourth-order valence-corrected chi connectivity index (χ4v) is 3.96. The number of benzene rings is 1. The van der Waals surface area contributed by atoms with Gasteiger partial charge < -0.3 is 10.9 Å². The van der Waals surface area contributed by atoms with Gasteiger partial charge in [0.2, 0.25) is 0 Å². The Kier molecular flexibility index (Phi) is 4.17. The SMILES string of the molecule is N/C(=N/O)c1ccc(NS(=O)(=O)c2ccc(Cl)s2)cc1. The molecule has 106 valence electrons. The molecule has 0 radical (unpaired) electrons. The van der Waals surface area contributed by atoms with Gasteiger partial charge in [-0.05, 0) is 36.4 Å². The Morgan fingerprint density at radius 3 is 2.40 bits per heavy atom. The van der Waals surface area contributed by atoms with Gasteiger partial charge in [0.25, 0.3) is 10.0 Å². The zero-order valence-corrected chi connectivity index (χ0v) is 12.3. The Balaban J connectivity index is 2.22. The van der Waals surface area contributed by atoms with Crippen molar-refractivity contribution < 1.29 is 13.6 Å². The van der Waals surface area contributed by atoms with E-state index in [2.05, 4.69) is 9.88 Å². The minimum absolute atomic E-state index is 0.0514. The lowest BCUT2D eigenvalue weighted by atomic mass is 10.2. The summed E-state index contributed by atoms with van der Waals surface area (Å²) >= 11 is 6.68. The van der Waals surface area contributed by atoms with E-state index in [0.717, 1.165) is 11.3 Å². The van der Waals surface area contributed by atoms with E-state index in [4.69, 9.17) is 22.5 Å². The average Bonchev–Trinajstić information content (AvgIpc) is 2.86. The maximum Gasteiger partial charge on any atom is 0.271 e. The molecule has 4 N–H and O–H groups in total. The summed E-state index contributed by atoms with van der Waals surface area (Å²) in [5, 5.41) is 11.4. The number of thiophene rings is 1. The highest BCUT2D eigenvalue weighted by Gasteiger charge is 2.16. The van der Waals surface area contributed by atoms with Crippen LogP contribution < -0.4 is 10.5 Å². The predicted octanol–water partition coefficient (Wildman–Crippen LogP) is 2.30. The first kappa shape index (κ1) is 14.6. The molecule has 20 heavy (non-hydrogen) atoms. The number of anilines is 1. The lowest BCUT2D eigenvalue weighted by molar-refractivity contribution is 0.318. The molecule has 1 heterocycles. The smallest absolute Gasteiger partial charge is 0.271 e. The molecule has 0 unspecified atom stereocenters. The van der Waals surface area contributed by atoms with Gasteiger partial charge in [-0.1, -0.05) is 16.8 Å². The standard InChI is InChI=1S/C11H10ClN3O3S2/c12-9-5-6-10(19-9)20(17,18)15-8-3-1-7(2-4-8)11(13)14-16/h1-6,15-16H,(H2,13,14). The maximum atomic E-state index is 12.0. The van der Waals surface area contributed by atoms with Gasteiger partial charge >= 0.3 is 0 Å². The summed E-state index contributed by atoms with van der Waals surface area (Å²) in [6.45, 7) is 0. The number of nitrogens with zero attached hydrogens (tertiary/aromatic N) is 1. The van der Waals surface area contributed by atoms with Crippen LogP contribution >= 0.6 is 22.9 Å². The van der Waals surface area contributed by atoms with Gasteiger partial charge in [-0.15, -0.1) is 11.3 Å². The number of rotatable bonds is 4. The first-order valence-electron chi connectivity index (χ1n) is 5.28. The molecule has 0 saturated heterocycles. The van der Waals surface area contributed by atoms with Gasteiger partial charge in [-0.2, -0.15) is 0 Å². The normalized spacial score (nSPS) is 12.3. The van der Waals surface area contributed by atoms with Crippen molar-refractivity contribution in [2.75, 3.05) is 4.72 Å². The molecule has 0 aliphatic carbocycles. The highest BCUT2D eigenvalue weighted by atomic mass is 35.5. The Bertz CT molecular complexity index is 739. The fraction of sp³-hybridized carbons (Fsp3) is 0. The van der Waals surface area contributed by atoms with Crippen molar-refractivity contribution in [3.8, 4) is 0 Å². The zero-order chi connectivity index (χ0) is 14.8. The molecule has 1 aromatic carbocycles. The summed E-state index contributed by atoms with van der Waals surface area (Å²) in [6.07, 6.45) is 0. The van der Waals surface area contributed by atoms with Crippen molar-refractivity contribution >= 4 is 44.5 Å². The molecule has 1 aromatic heterocycles. The quantitative estimate of drug-likeness (QED) is 0.346. The number of nitrogens with one attached hydrogen (secondary N) is 1. The third-order valence-electron chi connectivity index (χ3n) is 2.35. The second kappa shape index (κ2) is 5.70. The van der Waals surface area contributed by atoms with Crippen LogP contribution in [0.3, 0.4) is 0 Å². The van der Waals surface area contributed by atoms with E-state index in [-0.39, 0.29) is 10.0 Å². The summed E-state index contributed by atoms with van der Waals surface area (Å²) in [5.41, 5.74) is 6.26. The monoisotopic (exact) mass is 331 g/mol. The van der Waals surface area contributed by atoms with Crippen molar-refractivity contribution in [2.24, 2.45) is 10.9 Å². The van der Waals surface area contributed by atoms with E-state index in [1.54, 1.807) is 0 Å². The summed E-state index contributed by atoms with van der Waals surface area (Å²) in [4.78, 5) is 0. The highest BCUT2D eigenvalue weighted by Crippen LogP contribution is 2.27. The molecule has 0 aliphatic rings. The fourth-order valence-electron chi connectivity index (χ4n) is 1.41. The molecule has 0 aliphatic heterocycles. The molecular formula is C11H10ClN3O3S2. The van der Waals surface area contributed by atoms with Crippen LogP contribution in [0.1, 0.15) is 5.56 Å². The Labute approximate surface area is 124 Å². The second-order valence-electron chi connectivity index (χ2n) is 3.73. The van der Waals surface area contributed by atoms with E-state index in [9.17, 15) is 8.42 Å². The number of oxime groups is 1. The summed E-state index contributed by atoms with van der Waals surface area (Å²) in [7, 11) is -3.66. The topological polar surface area (TPSA) is 105 Å². The van der Waals surface area contributed by atoms with Crippen molar-refractivity contribution in [3.05, 3.63) is 46.3 Å². The molecule has 0 spiro atoms. The predicted molar refractivity (Wildman–Crippen MR) is 79.1 cm³/mol. The first-order valence-corrected chi connectivity index (χ1v) is 7.96. The number of amidine groups is 1. The molecule has 9 heteroatoms. The van der Waals surface area contributed by atoms with E-state index >= 15 is 0 Å². The lowest BCUT2D eigenvalue weighted by Gasteiger charge is -2.06. The summed E-state index contributed by atoms with van der Waals surface area (Å²) < 4.78 is 27.0. The number of halogens is 1. The van der Waals surface area contributed by atoms with Gasteiger partial charge in [-0.3, -0.25) is 4.72 Å². The zero-order valence-electron chi connectivity index (χ0n) is 9.95. The largest absolute Gasteiger partial charge is 0.409 e. The lowest BCUT2D eigenvalue weighted by Crippen LogP contribution is -2.14. The van der Waals surface area contributed by atoms with Crippen molar-refractivity contribution in [2.45, 2.75) is 4.21 Å². The summed E-state index contributed by atoms with van der Waals surface area (Å²) in [5.74, 6) is -0.0514. The van der Waals surface area contributed by atoms with Crippen LogP contribution in [0.4, 0.5) is 5.69 Å². The minimum Gasteiger partial charge on any atom is -0.409 e. The van der Waals surface area contributed by atoms with Crippen LogP contribution in [0, 0.1) is 0 Å². The van der Waals surface area contributed by atoms with Crippen LogP contribution in [0.2, 0.25) is 4.34 Å². The molecule has 0 amide bonds. The van der Waals surface area contributed by atoms with Crippen LogP contribution in [0.15, 0.2) is 45.8 Å². The van der Waals surface area contributed by atoms with Gasteiger partial charge in [0, 0.05) is 11.3 Å². The van der Waals surface area contributed by atoms with Crippen LogP contribution in [0.5, 0.6) is 0 Å². The average molecular weight is 332 g/mol. The molecule has 2 rings (SSSR count). The van der Waals surface area contributed by atoms with Gasteiger partial charge in [0.05, 0.1) is 4.34 Å². The first-order chi connectivity index (χ1) is 9.42. The molecule has 0 fully saturated rings. The van der Waals surface area contributed by atoms with E-state index < -0.39 is 10.0 Å². The van der Waals surface area contributed by atoms with Crippen molar-refractivity contribution in [1.82, 2.24) is 0 Å².